The molecule has 0 aliphatic carbocycles. The first-order valence-corrected chi connectivity index (χ1v) is 6.82. The minimum absolute atomic E-state index is 0.231. The van der Waals surface area contributed by atoms with Gasteiger partial charge in [0.1, 0.15) is 11.4 Å². The Hall–Kier alpha value is -1.88. The molecule has 0 saturated heterocycles. The third-order valence-electron chi connectivity index (χ3n) is 3.34. The smallest absolute Gasteiger partial charge is 0.231 e. The average molecular weight is 276 g/mol. The van der Waals surface area contributed by atoms with Crippen LogP contribution in [0.5, 0.6) is 5.75 Å². The highest BCUT2D eigenvalue weighted by atomic mass is 16.5. The van der Waals surface area contributed by atoms with Crippen LogP contribution in [0.2, 0.25) is 0 Å². The maximum Gasteiger partial charge on any atom is 0.231 e. The first-order valence-electron chi connectivity index (χ1n) is 6.82. The molecule has 1 heterocycles. The lowest BCUT2D eigenvalue weighted by Gasteiger charge is -2.23. The van der Waals surface area contributed by atoms with Crippen LogP contribution >= 0.6 is 0 Å². The number of phenols is 1. The Morgan fingerprint density at radius 2 is 2.15 bits per heavy atom. The number of benzene rings is 1. The average Bonchev–Trinajstić information content (AvgIpc) is 2.88. The first kappa shape index (κ1) is 14.5. The van der Waals surface area contributed by atoms with Gasteiger partial charge in [-0.3, -0.25) is 0 Å². The van der Waals surface area contributed by atoms with Gasteiger partial charge in [-0.2, -0.15) is 4.98 Å². The Labute approximate surface area is 118 Å². The highest BCUT2D eigenvalue weighted by Gasteiger charge is 2.30. The van der Waals surface area contributed by atoms with Crippen molar-refractivity contribution in [2.75, 3.05) is 6.61 Å². The third kappa shape index (κ3) is 3.17. The molecular formula is C15H20N2O3. The maximum atomic E-state index is 9.45. The van der Waals surface area contributed by atoms with E-state index >= 15 is 0 Å². The molecule has 0 amide bonds. The van der Waals surface area contributed by atoms with E-state index in [2.05, 4.69) is 10.1 Å². The molecule has 0 spiro atoms. The van der Waals surface area contributed by atoms with Gasteiger partial charge >= 0.3 is 0 Å². The monoisotopic (exact) mass is 276 g/mol. The van der Waals surface area contributed by atoms with Crippen LogP contribution in [0.15, 0.2) is 28.8 Å². The zero-order valence-corrected chi connectivity index (χ0v) is 12.1. The van der Waals surface area contributed by atoms with Crippen molar-refractivity contribution in [3.63, 3.8) is 0 Å². The van der Waals surface area contributed by atoms with Crippen molar-refractivity contribution in [2.45, 2.75) is 39.2 Å². The zero-order chi connectivity index (χ0) is 14.6. The van der Waals surface area contributed by atoms with Gasteiger partial charge in [0.2, 0.25) is 11.7 Å². The van der Waals surface area contributed by atoms with Gasteiger partial charge in [0.15, 0.2) is 0 Å². The van der Waals surface area contributed by atoms with Gasteiger partial charge in [-0.1, -0.05) is 24.2 Å². The van der Waals surface area contributed by atoms with Crippen LogP contribution in [0.4, 0.5) is 0 Å². The first-order chi connectivity index (χ1) is 9.57. The lowest BCUT2D eigenvalue weighted by molar-refractivity contribution is -0.0403. The lowest BCUT2D eigenvalue weighted by atomic mass is 10.0. The summed E-state index contributed by atoms with van der Waals surface area (Å²) in [7, 11) is 0. The number of phenolic OH excluding ortho intramolecular Hbond substituents is 1. The van der Waals surface area contributed by atoms with E-state index in [1.165, 1.54) is 0 Å². The quantitative estimate of drug-likeness (QED) is 0.878. The molecule has 0 radical (unpaired) electrons. The Balaban J connectivity index is 2.16. The molecule has 1 atom stereocenters. The molecular weight excluding hydrogens is 256 g/mol. The van der Waals surface area contributed by atoms with Crippen LogP contribution in [0.25, 0.3) is 0 Å². The minimum atomic E-state index is -0.519. The SMILES string of the molecule is CCOC(C)(CC)c1noc(Cc2cccc(O)c2)n1. The van der Waals surface area contributed by atoms with E-state index in [0.717, 1.165) is 12.0 Å². The van der Waals surface area contributed by atoms with Crippen molar-refractivity contribution in [2.24, 2.45) is 0 Å². The van der Waals surface area contributed by atoms with E-state index in [9.17, 15) is 5.11 Å². The molecule has 0 bridgehead atoms. The van der Waals surface area contributed by atoms with E-state index in [4.69, 9.17) is 9.26 Å². The second kappa shape index (κ2) is 6.05. The summed E-state index contributed by atoms with van der Waals surface area (Å²) >= 11 is 0. The molecule has 1 aromatic heterocycles. The van der Waals surface area contributed by atoms with E-state index in [1.807, 2.05) is 26.8 Å². The van der Waals surface area contributed by atoms with Crippen LogP contribution in [0.3, 0.4) is 0 Å². The third-order valence-corrected chi connectivity index (χ3v) is 3.34. The number of aromatic nitrogens is 2. The maximum absolute atomic E-state index is 9.45. The number of nitrogens with zero attached hydrogens (tertiary/aromatic N) is 2. The van der Waals surface area contributed by atoms with Crippen LogP contribution < -0.4 is 0 Å². The predicted molar refractivity (Wildman–Crippen MR) is 74.5 cm³/mol. The predicted octanol–water partition coefficient (Wildman–Crippen LogP) is 3.03. The Morgan fingerprint density at radius 3 is 2.80 bits per heavy atom. The second-order valence-corrected chi connectivity index (χ2v) is 4.88. The topological polar surface area (TPSA) is 68.4 Å². The summed E-state index contributed by atoms with van der Waals surface area (Å²) < 4.78 is 11.0. The summed E-state index contributed by atoms with van der Waals surface area (Å²) in [5.41, 5.74) is 0.407. The summed E-state index contributed by atoms with van der Waals surface area (Å²) in [6.45, 7) is 6.53. The second-order valence-electron chi connectivity index (χ2n) is 4.88. The highest BCUT2D eigenvalue weighted by Crippen LogP contribution is 2.26. The van der Waals surface area contributed by atoms with Gasteiger partial charge < -0.3 is 14.4 Å². The molecule has 0 fully saturated rings. The number of hydrogen-bond donors (Lipinski definition) is 1. The molecule has 5 nitrogen and oxygen atoms in total. The van der Waals surface area contributed by atoms with Gasteiger partial charge in [-0.25, -0.2) is 0 Å². The molecule has 0 saturated carbocycles. The lowest BCUT2D eigenvalue weighted by Crippen LogP contribution is -2.26. The molecule has 0 aliphatic heterocycles. The number of aromatic hydroxyl groups is 1. The van der Waals surface area contributed by atoms with Gasteiger partial charge in [-0.05, 0) is 38.0 Å². The normalized spacial score (nSPS) is 14.2. The van der Waals surface area contributed by atoms with Gasteiger partial charge in [-0.15, -0.1) is 0 Å². The van der Waals surface area contributed by atoms with Gasteiger partial charge in [0.25, 0.3) is 0 Å². The van der Waals surface area contributed by atoms with Crippen molar-refractivity contribution in [1.82, 2.24) is 10.1 Å². The standard InChI is InChI=1S/C15H20N2O3/c1-4-15(3,19-5-2)14-16-13(20-17-14)10-11-7-6-8-12(18)9-11/h6-9,18H,4-5,10H2,1-3H3. The fraction of sp³-hybridized carbons (Fsp3) is 0.467. The molecule has 2 aromatic rings. The van der Waals surface area contributed by atoms with Crippen LogP contribution in [0, 0.1) is 0 Å². The Kier molecular flexibility index (Phi) is 4.39. The van der Waals surface area contributed by atoms with Crippen molar-refractivity contribution in [1.29, 1.82) is 0 Å². The van der Waals surface area contributed by atoms with E-state index in [0.29, 0.717) is 24.7 Å². The van der Waals surface area contributed by atoms with Crippen molar-refractivity contribution >= 4 is 0 Å². The van der Waals surface area contributed by atoms with Crippen molar-refractivity contribution in [3.05, 3.63) is 41.5 Å². The Morgan fingerprint density at radius 1 is 1.35 bits per heavy atom. The number of rotatable bonds is 6. The number of hydrogen-bond acceptors (Lipinski definition) is 5. The molecule has 2 rings (SSSR count). The number of ether oxygens (including phenoxy) is 1. The van der Waals surface area contributed by atoms with E-state index in [1.54, 1.807) is 18.2 Å². The fourth-order valence-corrected chi connectivity index (χ4v) is 2.03. The molecule has 20 heavy (non-hydrogen) atoms. The minimum Gasteiger partial charge on any atom is -0.508 e. The van der Waals surface area contributed by atoms with Crippen molar-refractivity contribution in [3.8, 4) is 5.75 Å². The molecule has 5 heteroatoms. The largest absolute Gasteiger partial charge is 0.508 e. The molecule has 108 valence electrons. The van der Waals surface area contributed by atoms with E-state index < -0.39 is 5.60 Å². The fourth-order valence-electron chi connectivity index (χ4n) is 2.03. The van der Waals surface area contributed by atoms with Gasteiger partial charge in [0.05, 0.1) is 6.42 Å². The summed E-state index contributed by atoms with van der Waals surface area (Å²) in [6.07, 6.45) is 1.26. The molecule has 1 N–H and O–H groups in total. The summed E-state index contributed by atoms with van der Waals surface area (Å²) in [5.74, 6) is 1.32. The molecule has 1 unspecified atom stereocenters. The van der Waals surface area contributed by atoms with E-state index in [-0.39, 0.29) is 5.75 Å². The molecule has 1 aromatic carbocycles. The zero-order valence-electron chi connectivity index (χ0n) is 12.1. The van der Waals surface area contributed by atoms with Crippen LogP contribution in [-0.2, 0) is 16.8 Å². The summed E-state index contributed by atoms with van der Waals surface area (Å²) in [5, 5.41) is 13.5. The van der Waals surface area contributed by atoms with Gasteiger partial charge in [0, 0.05) is 6.61 Å². The summed E-state index contributed by atoms with van der Waals surface area (Å²) in [4.78, 5) is 4.41. The van der Waals surface area contributed by atoms with Crippen LogP contribution in [-0.4, -0.2) is 21.9 Å². The molecule has 0 aliphatic rings. The van der Waals surface area contributed by atoms with Crippen molar-refractivity contribution < 1.29 is 14.4 Å². The van der Waals surface area contributed by atoms with Crippen LogP contribution in [0.1, 0.15) is 44.5 Å². The summed E-state index contributed by atoms with van der Waals surface area (Å²) in [6, 6.07) is 7.01. The highest BCUT2D eigenvalue weighted by molar-refractivity contribution is 5.28. The Bertz CT molecular complexity index is 568.